The molecule has 1 aliphatic rings. The van der Waals surface area contributed by atoms with E-state index in [9.17, 15) is 4.39 Å². The van der Waals surface area contributed by atoms with Gasteiger partial charge < -0.3 is 15.5 Å². The second-order valence-electron chi connectivity index (χ2n) is 7.73. The third kappa shape index (κ3) is 3.90. The van der Waals surface area contributed by atoms with Gasteiger partial charge in [0.25, 0.3) is 0 Å². The summed E-state index contributed by atoms with van der Waals surface area (Å²) in [4.78, 5) is 2.40. The van der Waals surface area contributed by atoms with Crippen molar-refractivity contribution in [1.82, 2.24) is 15.5 Å². The van der Waals surface area contributed by atoms with Crippen LogP contribution in [-0.2, 0) is 6.67 Å². The molecule has 0 spiro atoms. The number of hydrogen-bond acceptors (Lipinski definition) is 5. The Morgan fingerprint density at radius 2 is 1.90 bits per heavy atom. The van der Waals surface area contributed by atoms with Gasteiger partial charge in [0.05, 0.1) is 11.7 Å². The van der Waals surface area contributed by atoms with Crippen LogP contribution in [0.2, 0.25) is 0 Å². The van der Waals surface area contributed by atoms with Gasteiger partial charge >= 0.3 is 0 Å². The fourth-order valence-electron chi connectivity index (χ4n) is 4.10. The summed E-state index contributed by atoms with van der Waals surface area (Å²) in [5.74, 6) is 0.764. The van der Waals surface area contributed by atoms with Crippen LogP contribution in [0.1, 0.15) is 35.3 Å². The molecule has 0 radical (unpaired) electrons. The first kappa shape index (κ1) is 19.6. The third-order valence-electron chi connectivity index (χ3n) is 5.88. The van der Waals surface area contributed by atoms with Crippen LogP contribution in [0.25, 0.3) is 10.8 Å². The van der Waals surface area contributed by atoms with Gasteiger partial charge in [0.2, 0.25) is 0 Å². The quantitative estimate of drug-likeness (QED) is 0.677. The molecule has 0 unspecified atom stereocenters. The van der Waals surface area contributed by atoms with Gasteiger partial charge in [-0.15, -0.1) is 5.10 Å². The summed E-state index contributed by atoms with van der Waals surface area (Å²) in [6.45, 7) is 9.59. The molecule has 4 rings (SSSR count). The smallest absolute Gasteiger partial charge is 0.157 e. The Morgan fingerprint density at radius 1 is 1.10 bits per heavy atom. The van der Waals surface area contributed by atoms with Crippen molar-refractivity contribution >= 4 is 22.3 Å². The summed E-state index contributed by atoms with van der Waals surface area (Å²) < 4.78 is 13.3. The van der Waals surface area contributed by atoms with E-state index in [2.05, 4.69) is 50.9 Å². The van der Waals surface area contributed by atoms with Gasteiger partial charge in [-0.2, -0.15) is 5.10 Å². The Kier molecular flexibility index (Phi) is 5.62. The van der Waals surface area contributed by atoms with Gasteiger partial charge in [0, 0.05) is 42.6 Å². The molecule has 0 aliphatic carbocycles. The Labute approximate surface area is 171 Å². The molecule has 2 heterocycles. The minimum absolute atomic E-state index is 0.00968. The normalized spacial score (nSPS) is 15.5. The average Bonchev–Trinajstić information content (AvgIpc) is 2.76. The highest BCUT2D eigenvalue weighted by molar-refractivity contribution is 5.95. The maximum Gasteiger partial charge on any atom is 0.157 e. The van der Waals surface area contributed by atoms with E-state index in [0.717, 1.165) is 65.2 Å². The molecule has 3 aromatic rings. The summed E-state index contributed by atoms with van der Waals surface area (Å²) >= 11 is 0. The zero-order valence-corrected chi connectivity index (χ0v) is 17.3. The van der Waals surface area contributed by atoms with Crippen LogP contribution in [0.15, 0.2) is 36.4 Å². The summed E-state index contributed by atoms with van der Waals surface area (Å²) in [7, 11) is 0. The SMILES string of the molecule is Cc1c(CF)cccc1[C@@H](C)Nc1nnc(C)c2ccc(N3CCNCC3)cc12. The molecule has 1 fully saturated rings. The van der Waals surface area contributed by atoms with Crippen molar-refractivity contribution in [2.24, 2.45) is 0 Å². The van der Waals surface area contributed by atoms with E-state index in [1.807, 2.05) is 32.0 Å². The highest BCUT2D eigenvalue weighted by atomic mass is 19.1. The Hall–Kier alpha value is -2.73. The summed E-state index contributed by atoms with van der Waals surface area (Å²) in [5.41, 5.74) is 4.92. The highest BCUT2D eigenvalue weighted by Gasteiger charge is 2.16. The Morgan fingerprint density at radius 3 is 2.66 bits per heavy atom. The maximum absolute atomic E-state index is 13.3. The van der Waals surface area contributed by atoms with Crippen molar-refractivity contribution < 1.29 is 4.39 Å². The number of nitrogens with zero attached hydrogens (tertiary/aromatic N) is 3. The second kappa shape index (κ2) is 8.33. The van der Waals surface area contributed by atoms with E-state index in [1.165, 1.54) is 5.69 Å². The van der Waals surface area contributed by atoms with E-state index >= 15 is 0 Å². The Balaban J connectivity index is 1.70. The topological polar surface area (TPSA) is 53.1 Å². The molecule has 2 aromatic carbocycles. The van der Waals surface area contributed by atoms with Gasteiger partial charge in [-0.1, -0.05) is 24.3 Å². The van der Waals surface area contributed by atoms with Crippen molar-refractivity contribution in [1.29, 1.82) is 0 Å². The molecule has 0 saturated carbocycles. The van der Waals surface area contributed by atoms with E-state index in [4.69, 9.17) is 0 Å². The molecule has 5 nitrogen and oxygen atoms in total. The minimum atomic E-state index is -0.451. The number of rotatable bonds is 5. The molecule has 0 bridgehead atoms. The van der Waals surface area contributed by atoms with Gasteiger partial charge in [0.1, 0.15) is 6.67 Å². The fourth-order valence-corrected chi connectivity index (χ4v) is 4.10. The predicted molar refractivity (Wildman–Crippen MR) is 117 cm³/mol. The molecule has 1 aromatic heterocycles. The standard InChI is InChI=1S/C23H28FN5/c1-15-18(14-24)5-4-6-20(15)16(2)26-23-22-13-19(29-11-9-25-10-12-29)7-8-21(22)17(3)27-28-23/h4-8,13,16,25H,9-12,14H2,1-3H3,(H,26,28)/t16-/m1/s1. The number of aromatic nitrogens is 2. The minimum Gasteiger partial charge on any atom is -0.369 e. The lowest BCUT2D eigenvalue weighted by Crippen LogP contribution is -2.43. The van der Waals surface area contributed by atoms with Crippen molar-refractivity contribution in [3.05, 3.63) is 58.8 Å². The molecule has 29 heavy (non-hydrogen) atoms. The average molecular weight is 394 g/mol. The van der Waals surface area contributed by atoms with Crippen molar-refractivity contribution in [3.8, 4) is 0 Å². The monoisotopic (exact) mass is 393 g/mol. The zero-order valence-electron chi connectivity index (χ0n) is 17.3. The van der Waals surface area contributed by atoms with Crippen molar-refractivity contribution in [3.63, 3.8) is 0 Å². The number of halogens is 1. The molecule has 6 heteroatoms. The number of anilines is 2. The summed E-state index contributed by atoms with van der Waals surface area (Å²) in [6, 6.07) is 12.3. The number of fused-ring (bicyclic) bond motifs is 1. The summed E-state index contributed by atoms with van der Waals surface area (Å²) in [5, 5.41) is 17.9. The summed E-state index contributed by atoms with van der Waals surface area (Å²) in [6.07, 6.45) is 0. The van der Waals surface area contributed by atoms with Crippen LogP contribution in [-0.4, -0.2) is 36.4 Å². The van der Waals surface area contributed by atoms with Crippen molar-refractivity contribution in [2.75, 3.05) is 36.4 Å². The van der Waals surface area contributed by atoms with Crippen LogP contribution in [0.5, 0.6) is 0 Å². The number of benzene rings is 2. The molecule has 1 aliphatic heterocycles. The molecule has 2 N–H and O–H groups in total. The highest BCUT2D eigenvalue weighted by Crippen LogP contribution is 2.31. The number of hydrogen-bond donors (Lipinski definition) is 2. The lowest BCUT2D eigenvalue weighted by molar-refractivity contribution is 0.483. The lowest BCUT2D eigenvalue weighted by atomic mass is 9.98. The number of piperazine rings is 1. The van der Waals surface area contributed by atoms with E-state index in [1.54, 1.807) is 0 Å². The zero-order chi connectivity index (χ0) is 20.4. The van der Waals surface area contributed by atoms with Crippen LogP contribution < -0.4 is 15.5 Å². The molecule has 0 amide bonds. The van der Waals surface area contributed by atoms with E-state index in [-0.39, 0.29) is 6.04 Å². The van der Waals surface area contributed by atoms with Crippen LogP contribution in [0.3, 0.4) is 0 Å². The van der Waals surface area contributed by atoms with Crippen LogP contribution in [0.4, 0.5) is 15.9 Å². The molecule has 1 atom stereocenters. The van der Waals surface area contributed by atoms with Gasteiger partial charge in [-0.25, -0.2) is 4.39 Å². The van der Waals surface area contributed by atoms with Gasteiger partial charge in [0.15, 0.2) is 5.82 Å². The molecular weight excluding hydrogens is 365 g/mol. The number of alkyl halides is 1. The van der Waals surface area contributed by atoms with Crippen molar-refractivity contribution in [2.45, 2.75) is 33.5 Å². The first-order chi connectivity index (χ1) is 14.1. The predicted octanol–water partition coefficient (Wildman–Crippen LogP) is 4.30. The third-order valence-corrected chi connectivity index (χ3v) is 5.88. The molecule has 152 valence electrons. The maximum atomic E-state index is 13.3. The first-order valence-electron chi connectivity index (χ1n) is 10.2. The van der Waals surface area contributed by atoms with Crippen LogP contribution >= 0.6 is 0 Å². The van der Waals surface area contributed by atoms with Gasteiger partial charge in [-0.3, -0.25) is 0 Å². The molecular formula is C23H28FN5. The van der Waals surface area contributed by atoms with E-state index in [0.29, 0.717) is 0 Å². The molecule has 1 saturated heterocycles. The number of aryl methyl sites for hydroxylation is 1. The van der Waals surface area contributed by atoms with Gasteiger partial charge in [-0.05, 0) is 49.6 Å². The second-order valence-corrected chi connectivity index (χ2v) is 7.73. The van der Waals surface area contributed by atoms with Crippen LogP contribution in [0, 0.1) is 13.8 Å². The number of nitrogens with one attached hydrogen (secondary N) is 2. The Bertz CT molecular complexity index is 1010. The lowest BCUT2D eigenvalue weighted by Gasteiger charge is -2.30. The fraction of sp³-hybridized carbons (Fsp3) is 0.391. The van der Waals surface area contributed by atoms with E-state index < -0.39 is 6.67 Å². The first-order valence-corrected chi connectivity index (χ1v) is 10.2. The largest absolute Gasteiger partial charge is 0.369 e.